The Labute approximate surface area is 92.7 Å². The number of nitrogens with zero attached hydrogens (tertiary/aromatic N) is 5. The molecule has 0 aliphatic carbocycles. The summed E-state index contributed by atoms with van der Waals surface area (Å²) in [5.41, 5.74) is 3.71. The van der Waals surface area contributed by atoms with Crippen LogP contribution in [0, 0.1) is 0 Å². The van der Waals surface area contributed by atoms with Gasteiger partial charge in [-0.1, -0.05) is 0 Å². The Kier molecular flexibility index (Phi) is 3.18. The van der Waals surface area contributed by atoms with E-state index in [1.807, 2.05) is 13.1 Å². The molecule has 2 aromatic heterocycles. The molecule has 0 saturated heterocycles. The Morgan fingerprint density at radius 1 is 1.50 bits per heavy atom. The maximum absolute atomic E-state index is 5.52. The van der Waals surface area contributed by atoms with Crippen LogP contribution < -0.4 is 11.3 Å². The summed E-state index contributed by atoms with van der Waals surface area (Å²) in [5, 5.41) is 11.5. The summed E-state index contributed by atoms with van der Waals surface area (Å²) in [6.45, 7) is 0. The van der Waals surface area contributed by atoms with Crippen molar-refractivity contribution in [2.75, 3.05) is 0 Å². The second-order valence-electron chi connectivity index (χ2n) is 3.40. The van der Waals surface area contributed by atoms with Crippen LogP contribution in [0.5, 0.6) is 0 Å². The molecule has 2 aromatic rings. The van der Waals surface area contributed by atoms with E-state index in [1.54, 1.807) is 17.1 Å². The maximum atomic E-state index is 5.52. The number of aromatic nitrogens is 5. The van der Waals surface area contributed by atoms with Gasteiger partial charge in [0.05, 0.1) is 12.2 Å². The number of hydrogen-bond acceptors (Lipinski definition) is 6. The first-order valence-corrected chi connectivity index (χ1v) is 4.87. The highest BCUT2D eigenvalue weighted by molar-refractivity contribution is 5.13. The van der Waals surface area contributed by atoms with Gasteiger partial charge in [0.2, 0.25) is 0 Å². The third-order valence-corrected chi connectivity index (χ3v) is 2.40. The molecule has 0 bridgehead atoms. The molecule has 1 unspecified atom stereocenters. The highest BCUT2D eigenvalue weighted by atomic mass is 15.3. The molecule has 0 radical (unpaired) electrons. The van der Waals surface area contributed by atoms with E-state index >= 15 is 0 Å². The highest BCUT2D eigenvalue weighted by Crippen LogP contribution is 2.14. The minimum Gasteiger partial charge on any atom is -0.271 e. The molecule has 7 heteroatoms. The van der Waals surface area contributed by atoms with Gasteiger partial charge in [-0.3, -0.25) is 16.0 Å². The fourth-order valence-corrected chi connectivity index (χ4v) is 1.47. The van der Waals surface area contributed by atoms with Crippen molar-refractivity contribution in [2.24, 2.45) is 12.9 Å². The van der Waals surface area contributed by atoms with Crippen LogP contribution in [0.4, 0.5) is 0 Å². The summed E-state index contributed by atoms with van der Waals surface area (Å²) >= 11 is 0. The normalized spacial score (nSPS) is 12.6. The Hall–Kier alpha value is -1.86. The van der Waals surface area contributed by atoms with Gasteiger partial charge in [-0.15, -0.1) is 0 Å². The third kappa shape index (κ3) is 2.20. The molecule has 2 rings (SSSR count). The second-order valence-corrected chi connectivity index (χ2v) is 3.40. The van der Waals surface area contributed by atoms with Crippen molar-refractivity contribution in [3.63, 3.8) is 0 Å². The summed E-state index contributed by atoms with van der Waals surface area (Å²) in [7, 11) is 1.85. The van der Waals surface area contributed by atoms with Gasteiger partial charge in [0.25, 0.3) is 0 Å². The van der Waals surface area contributed by atoms with Crippen molar-refractivity contribution in [2.45, 2.75) is 12.5 Å². The molecule has 0 aliphatic heterocycles. The van der Waals surface area contributed by atoms with Crippen LogP contribution in [0.1, 0.15) is 17.4 Å². The van der Waals surface area contributed by atoms with Crippen molar-refractivity contribution < 1.29 is 0 Å². The van der Waals surface area contributed by atoms with Crippen LogP contribution >= 0.6 is 0 Å². The van der Waals surface area contributed by atoms with Gasteiger partial charge >= 0.3 is 0 Å². The molecule has 0 aliphatic rings. The van der Waals surface area contributed by atoms with Crippen LogP contribution in [0.3, 0.4) is 0 Å². The van der Waals surface area contributed by atoms with Gasteiger partial charge in [0, 0.05) is 19.7 Å². The minimum absolute atomic E-state index is 0.0431. The molecular formula is C9H13N7. The SMILES string of the molecule is Cn1ncnc1CC(NN)c1ccnnc1. The van der Waals surface area contributed by atoms with Gasteiger partial charge in [-0.2, -0.15) is 15.3 Å². The quantitative estimate of drug-likeness (QED) is 0.524. The molecular weight excluding hydrogens is 206 g/mol. The Bertz CT molecular complexity index is 438. The molecule has 2 heterocycles. The number of aryl methyl sites for hydroxylation is 1. The molecule has 0 fully saturated rings. The second kappa shape index (κ2) is 4.77. The lowest BCUT2D eigenvalue weighted by molar-refractivity contribution is 0.521. The fourth-order valence-electron chi connectivity index (χ4n) is 1.47. The fraction of sp³-hybridized carbons (Fsp3) is 0.333. The number of nitrogens with two attached hydrogens (primary N) is 1. The zero-order valence-electron chi connectivity index (χ0n) is 8.91. The van der Waals surface area contributed by atoms with E-state index in [4.69, 9.17) is 5.84 Å². The average Bonchev–Trinajstić information content (AvgIpc) is 2.73. The van der Waals surface area contributed by atoms with Crippen molar-refractivity contribution in [1.82, 2.24) is 30.4 Å². The summed E-state index contributed by atoms with van der Waals surface area (Å²) in [4.78, 5) is 4.15. The lowest BCUT2D eigenvalue weighted by Crippen LogP contribution is -2.30. The lowest BCUT2D eigenvalue weighted by atomic mass is 10.1. The molecule has 84 valence electrons. The molecule has 0 aromatic carbocycles. The van der Waals surface area contributed by atoms with Gasteiger partial charge in [0.15, 0.2) is 0 Å². The van der Waals surface area contributed by atoms with Crippen molar-refractivity contribution in [1.29, 1.82) is 0 Å². The van der Waals surface area contributed by atoms with E-state index in [1.165, 1.54) is 6.33 Å². The molecule has 0 saturated carbocycles. The maximum Gasteiger partial charge on any atom is 0.138 e. The van der Waals surface area contributed by atoms with Gasteiger partial charge in [0.1, 0.15) is 12.2 Å². The minimum atomic E-state index is -0.0431. The highest BCUT2D eigenvalue weighted by Gasteiger charge is 2.13. The summed E-state index contributed by atoms with van der Waals surface area (Å²) < 4.78 is 1.72. The Balaban J connectivity index is 2.16. The molecule has 16 heavy (non-hydrogen) atoms. The molecule has 0 amide bonds. The molecule has 3 N–H and O–H groups in total. The van der Waals surface area contributed by atoms with Gasteiger partial charge in [-0.05, 0) is 11.6 Å². The largest absolute Gasteiger partial charge is 0.271 e. The van der Waals surface area contributed by atoms with Crippen molar-refractivity contribution in [3.05, 3.63) is 36.2 Å². The van der Waals surface area contributed by atoms with E-state index in [9.17, 15) is 0 Å². The molecule has 0 spiro atoms. The standard InChI is InChI=1S/C9H13N7/c1-16-9(11-6-14-16)4-8(15-10)7-2-3-12-13-5-7/h2-3,5-6,8,15H,4,10H2,1H3. The van der Waals surface area contributed by atoms with Crippen LogP contribution in [0.25, 0.3) is 0 Å². The topological polar surface area (TPSA) is 94.5 Å². The van der Waals surface area contributed by atoms with E-state index in [0.29, 0.717) is 6.42 Å². The summed E-state index contributed by atoms with van der Waals surface area (Å²) in [6, 6.07) is 1.83. The first-order valence-electron chi connectivity index (χ1n) is 4.87. The van der Waals surface area contributed by atoms with Gasteiger partial charge in [-0.25, -0.2) is 4.98 Å². The van der Waals surface area contributed by atoms with Crippen LogP contribution in [-0.4, -0.2) is 25.0 Å². The summed E-state index contributed by atoms with van der Waals surface area (Å²) in [6.07, 6.45) is 5.49. The molecule has 7 nitrogen and oxygen atoms in total. The third-order valence-electron chi connectivity index (χ3n) is 2.40. The lowest BCUT2D eigenvalue weighted by Gasteiger charge is -2.14. The first kappa shape index (κ1) is 10.7. The Morgan fingerprint density at radius 2 is 2.38 bits per heavy atom. The van der Waals surface area contributed by atoms with Gasteiger partial charge < -0.3 is 0 Å². The van der Waals surface area contributed by atoms with E-state index in [-0.39, 0.29) is 6.04 Å². The predicted molar refractivity (Wildman–Crippen MR) is 56.8 cm³/mol. The van der Waals surface area contributed by atoms with Crippen molar-refractivity contribution in [3.8, 4) is 0 Å². The predicted octanol–water partition coefficient (Wildman–Crippen LogP) is -0.648. The van der Waals surface area contributed by atoms with Crippen LogP contribution in [-0.2, 0) is 13.5 Å². The van der Waals surface area contributed by atoms with Crippen molar-refractivity contribution >= 4 is 0 Å². The number of hydrazine groups is 1. The average molecular weight is 219 g/mol. The number of rotatable bonds is 4. The zero-order valence-corrected chi connectivity index (χ0v) is 8.91. The first-order chi connectivity index (χ1) is 7.81. The smallest absolute Gasteiger partial charge is 0.138 e. The molecule has 1 atom stereocenters. The number of hydrogen-bond donors (Lipinski definition) is 2. The number of nitrogens with one attached hydrogen (secondary N) is 1. The van der Waals surface area contributed by atoms with E-state index in [2.05, 4.69) is 25.7 Å². The Morgan fingerprint density at radius 3 is 2.94 bits per heavy atom. The van der Waals surface area contributed by atoms with Crippen LogP contribution in [0.15, 0.2) is 24.8 Å². The van der Waals surface area contributed by atoms with E-state index in [0.717, 1.165) is 11.4 Å². The monoisotopic (exact) mass is 219 g/mol. The summed E-state index contributed by atoms with van der Waals surface area (Å²) in [5.74, 6) is 6.38. The van der Waals surface area contributed by atoms with Crippen LogP contribution in [0.2, 0.25) is 0 Å². The van der Waals surface area contributed by atoms with E-state index < -0.39 is 0 Å². The zero-order chi connectivity index (χ0) is 11.4.